The smallest absolute Gasteiger partial charge is 0.431 e. The highest BCUT2D eigenvalue weighted by Gasteiger charge is 2.34. The van der Waals surface area contributed by atoms with Gasteiger partial charge in [-0.25, -0.2) is 4.79 Å². The minimum atomic E-state index is -0.780. The van der Waals surface area contributed by atoms with Gasteiger partial charge in [0.25, 0.3) is 5.69 Å². The van der Waals surface area contributed by atoms with E-state index in [9.17, 15) is 14.9 Å². The fourth-order valence-corrected chi connectivity index (χ4v) is 2.85. The van der Waals surface area contributed by atoms with E-state index in [0.29, 0.717) is 5.92 Å². The Morgan fingerprint density at radius 3 is 2.42 bits per heavy atom. The SMILES string of the molecule is Cc1ccccc1C1CC(OC(=O)Oc2ccc([N+](=O)[O-])cc2)C1. The Labute approximate surface area is 139 Å². The summed E-state index contributed by atoms with van der Waals surface area (Å²) < 4.78 is 10.3. The van der Waals surface area contributed by atoms with Gasteiger partial charge >= 0.3 is 6.16 Å². The molecule has 2 aromatic carbocycles. The Bertz CT molecular complexity index is 750. The highest BCUT2D eigenvalue weighted by molar-refractivity contribution is 5.64. The van der Waals surface area contributed by atoms with Gasteiger partial charge in [-0.2, -0.15) is 0 Å². The van der Waals surface area contributed by atoms with E-state index in [1.54, 1.807) is 0 Å². The van der Waals surface area contributed by atoms with Crippen LogP contribution in [0.2, 0.25) is 0 Å². The van der Waals surface area contributed by atoms with E-state index in [2.05, 4.69) is 19.1 Å². The van der Waals surface area contributed by atoms with E-state index in [-0.39, 0.29) is 17.5 Å². The van der Waals surface area contributed by atoms with Crippen LogP contribution < -0.4 is 4.74 Å². The van der Waals surface area contributed by atoms with Gasteiger partial charge in [-0.3, -0.25) is 10.1 Å². The molecule has 0 aromatic heterocycles. The number of non-ortho nitro benzene ring substituents is 1. The third kappa shape index (κ3) is 3.53. The van der Waals surface area contributed by atoms with Crippen molar-refractivity contribution in [2.75, 3.05) is 0 Å². The molecule has 0 atom stereocenters. The van der Waals surface area contributed by atoms with E-state index in [4.69, 9.17) is 9.47 Å². The molecule has 3 rings (SSSR count). The predicted molar refractivity (Wildman–Crippen MR) is 87.1 cm³/mol. The molecule has 124 valence electrons. The topological polar surface area (TPSA) is 78.7 Å². The Balaban J connectivity index is 1.48. The van der Waals surface area contributed by atoms with Crippen LogP contribution in [0.3, 0.4) is 0 Å². The van der Waals surface area contributed by atoms with Gasteiger partial charge in [0.15, 0.2) is 0 Å². The summed E-state index contributed by atoms with van der Waals surface area (Å²) in [5.74, 6) is 0.628. The van der Waals surface area contributed by atoms with E-state index in [0.717, 1.165) is 12.8 Å². The van der Waals surface area contributed by atoms with E-state index in [1.807, 2.05) is 12.1 Å². The molecule has 1 saturated carbocycles. The van der Waals surface area contributed by atoms with Crippen molar-refractivity contribution in [3.05, 3.63) is 69.8 Å². The van der Waals surface area contributed by atoms with Gasteiger partial charge in [0.1, 0.15) is 11.9 Å². The molecule has 0 radical (unpaired) electrons. The zero-order chi connectivity index (χ0) is 17.1. The van der Waals surface area contributed by atoms with Crippen molar-refractivity contribution in [1.82, 2.24) is 0 Å². The van der Waals surface area contributed by atoms with Crippen molar-refractivity contribution in [3.8, 4) is 5.75 Å². The maximum Gasteiger partial charge on any atom is 0.514 e. The first-order chi connectivity index (χ1) is 11.5. The second-order valence-electron chi connectivity index (χ2n) is 5.87. The molecule has 1 aliphatic carbocycles. The maximum atomic E-state index is 11.8. The van der Waals surface area contributed by atoms with Gasteiger partial charge in [-0.15, -0.1) is 0 Å². The van der Waals surface area contributed by atoms with Crippen LogP contribution in [0.1, 0.15) is 29.9 Å². The minimum absolute atomic E-state index is 0.0595. The number of benzene rings is 2. The standard InChI is InChI=1S/C18H17NO5/c1-12-4-2-3-5-17(12)13-10-16(11-13)24-18(20)23-15-8-6-14(7-9-15)19(21)22/h2-9,13,16H,10-11H2,1H3. The second kappa shape index (κ2) is 6.70. The zero-order valence-electron chi connectivity index (χ0n) is 13.2. The highest BCUT2D eigenvalue weighted by Crippen LogP contribution is 2.40. The van der Waals surface area contributed by atoms with Gasteiger partial charge in [0, 0.05) is 12.1 Å². The fraction of sp³-hybridized carbons (Fsp3) is 0.278. The molecule has 0 saturated heterocycles. The van der Waals surface area contributed by atoms with Crippen LogP contribution in [0.15, 0.2) is 48.5 Å². The molecule has 1 aliphatic rings. The molecule has 0 aliphatic heterocycles. The van der Waals surface area contributed by atoms with Gasteiger partial charge in [-0.1, -0.05) is 24.3 Å². The lowest BCUT2D eigenvalue weighted by atomic mass is 9.76. The van der Waals surface area contributed by atoms with Crippen molar-refractivity contribution in [2.24, 2.45) is 0 Å². The molecule has 0 spiro atoms. The summed E-state index contributed by atoms with van der Waals surface area (Å²) in [6.45, 7) is 2.08. The third-order valence-electron chi connectivity index (χ3n) is 4.23. The van der Waals surface area contributed by atoms with Crippen LogP contribution >= 0.6 is 0 Å². The largest absolute Gasteiger partial charge is 0.514 e. The van der Waals surface area contributed by atoms with Gasteiger partial charge in [0.2, 0.25) is 0 Å². The third-order valence-corrected chi connectivity index (χ3v) is 4.23. The molecule has 2 aromatic rings. The minimum Gasteiger partial charge on any atom is -0.431 e. The quantitative estimate of drug-likeness (QED) is 0.361. The summed E-state index contributed by atoms with van der Waals surface area (Å²) in [7, 11) is 0. The fourth-order valence-electron chi connectivity index (χ4n) is 2.85. The van der Waals surface area contributed by atoms with Crippen LogP contribution in [-0.4, -0.2) is 17.2 Å². The van der Waals surface area contributed by atoms with Crippen molar-refractivity contribution < 1.29 is 19.2 Å². The molecule has 0 heterocycles. The van der Waals surface area contributed by atoms with E-state index in [1.165, 1.54) is 35.4 Å². The van der Waals surface area contributed by atoms with Crippen molar-refractivity contribution in [3.63, 3.8) is 0 Å². The number of ether oxygens (including phenoxy) is 2. The summed E-state index contributed by atoms with van der Waals surface area (Å²) in [4.78, 5) is 21.8. The second-order valence-corrected chi connectivity index (χ2v) is 5.87. The lowest BCUT2D eigenvalue weighted by molar-refractivity contribution is -0.384. The molecule has 6 heteroatoms. The number of rotatable bonds is 4. The molecule has 1 fully saturated rings. The monoisotopic (exact) mass is 327 g/mol. The normalized spacial score (nSPS) is 19.2. The summed E-state index contributed by atoms with van der Waals surface area (Å²) in [5.41, 5.74) is 2.48. The number of aryl methyl sites for hydroxylation is 1. The molecule has 0 bridgehead atoms. The van der Waals surface area contributed by atoms with Crippen LogP contribution in [0, 0.1) is 17.0 Å². The Morgan fingerprint density at radius 1 is 1.12 bits per heavy atom. The van der Waals surface area contributed by atoms with Crippen LogP contribution in [-0.2, 0) is 4.74 Å². The van der Waals surface area contributed by atoms with E-state index < -0.39 is 11.1 Å². The first-order valence-electron chi connectivity index (χ1n) is 7.71. The molecular weight excluding hydrogens is 310 g/mol. The number of nitro groups is 1. The Hall–Kier alpha value is -2.89. The summed E-state index contributed by atoms with van der Waals surface area (Å²) in [6.07, 6.45) is 0.623. The molecule has 0 N–H and O–H groups in total. The van der Waals surface area contributed by atoms with E-state index >= 15 is 0 Å². The van der Waals surface area contributed by atoms with Crippen molar-refractivity contribution in [1.29, 1.82) is 0 Å². The molecular formula is C18H17NO5. The average Bonchev–Trinajstić information content (AvgIpc) is 2.52. The first-order valence-corrected chi connectivity index (χ1v) is 7.71. The van der Waals surface area contributed by atoms with Crippen molar-refractivity contribution >= 4 is 11.8 Å². The highest BCUT2D eigenvalue weighted by atomic mass is 16.7. The number of hydrogen-bond donors (Lipinski definition) is 0. The lowest BCUT2D eigenvalue weighted by Gasteiger charge is -2.35. The van der Waals surface area contributed by atoms with Crippen molar-refractivity contribution in [2.45, 2.75) is 31.8 Å². The number of carbonyl (C=O) groups is 1. The molecule has 0 amide bonds. The van der Waals surface area contributed by atoms with Crippen LogP contribution in [0.25, 0.3) is 0 Å². The number of hydrogen-bond acceptors (Lipinski definition) is 5. The number of nitrogens with zero attached hydrogens (tertiary/aromatic N) is 1. The first kappa shape index (κ1) is 16.0. The van der Waals surface area contributed by atoms with Gasteiger partial charge in [0.05, 0.1) is 4.92 Å². The lowest BCUT2D eigenvalue weighted by Crippen LogP contribution is -2.33. The van der Waals surface area contributed by atoms with Crippen LogP contribution in [0.5, 0.6) is 5.75 Å². The average molecular weight is 327 g/mol. The Morgan fingerprint density at radius 2 is 1.79 bits per heavy atom. The zero-order valence-corrected chi connectivity index (χ0v) is 13.2. The molecule has 24 heavy (non-hydrogen) atoms. The van der Waals surface area contributed by atoms with Gasteiger partial charge in [-0.05, 0) is 48.9 Å². The number of nitro benzene ring substituents is 1. The predicted octanol–water partition coefficient (Wildman–Crippen LogP) is 4.36. The Kier molecular flexibility index (Phi) is 4.46. The number of carbonyl (C=O) groups excluding carboxylic acids is 1. The molecule has 6 nitrogen and oxygen atoms in total. The summed E-state index contributed by atoms with van der Waals surface area (Å²) in [6, 6.07) is 13.5. The summed E-state index contributed by atoms with van der Waals surface area (Å²) in [5, 5.41) is 10.6. The maximum absolute atomic E-state index is 11.8. The molecule has 0 unspecified atom stereocenters. The van der Waals surface area contributed by atoms with Gasteiger partial charge < -0.3 is 9.47 Å². The van der Waals surface area contributed by atoms with Crippen LogP contribution in [0.4, 0.5) is 10.5 Å². The summed E-state index contributed by atoms with van der Waals surface area (Å²) >= 11 is 0.